The Bertz CT molecular complexity index is 799. The number of imidazole rings is 1. The molecule has 108 valence electrons. The second-order valence-corrected chi connectivity index (χ2v) is 5.28. The van der Waals surface area contributed by atoms with Crippen LogP contribution in [-0.4, -0.2) is 44.9 Å². The molecule has 0 radical (unpaired) electrons. The molecular formula is C11H10N6O3S. The average Bonchev–Trinajstić information content (AvgIpc) is 3.09. The summed E-state index contributed by atoms with van der Waals surface area (Å²) in [5.74, 6) is 0.0170. The van der Waals surface area contributed by atoms with Crippen LogP contribution in [-0.2, 0) is 0 Å². The van der Waals surface area contributed by atoms with E-state index in [0.717, 1.165) is 0 Å². The quantitative estimate of drug-likeness (QED) is 0.317. The number of hydrogen-bond acceptors (Lipinski definition) is 7. The van der Waals surface area contributed by atoms with Crippen LogP contribution in [0.1, 0.15) is 0 Å². The first-order chi connectivity index (χ1) is 10.0. The molecule has 10 heteroatoms. The number of fused-ring (bicyclic) bond motifs is 1. The second-order valence-electron chi connectivity index (χ2n) is 4.34. The maximum Gasteiger partial charge on any atom is 0.433 e. The van der Waals surface area contributed by atoms with Crippen molar-refractivity contribution in [1.29, 1.82) is 0 Å². The first-order valence-electron chi connectivity index (χ1n) is 5.84. The van der Waals surface area contributed by atoms with Crippen molar-refractivity contribution >= 4 is 33.7 Å². The van der Waals surface area contributed by atoms with E-state index in [4.69, 9.17) is 4.42 Å². The van der Waals surface area contributed by atoms with Crippen molar-refractivity contribution in [2.24, 2.45) is 4.99 Å². The normalized spacial score (nSPS) is 11.5. The van der Waals surface area contributed by atoms with Gasteiger partial charge in [-0.1, -0.05) is 11.3 Å². The second kappa shape index (κ2) is 4.98. The van der Waals surface area contributed by atoms with Crippen molar-refractivity contribution in [1.82, 2.24) is 19.5 Å². The highest BCUT2D eigenvalue weighted by molar-refractivity contribution is 7.20. The van der Waals surface area contributed by atoms with Gasteiger partial charge in [0.1, 0.15) is 10.6 Å². The first kappa shape index (κ1) is 13.2. The third-order valence-electron chi connectivity index (χ3n) is 2.46. The fourth-order valence-electron chi connectivity index (χ4n) is 1.59. The number of furan rings is 1. The van der Waals surface area contributed by atoms with Gasteiger partial charge in [-0.3, -0.25) is 10.1 Å². The Morgan fingerprint density at radius 3 is 2.95 bits per heavy atom. The molecule has 0 amide bonds. The number of aliphatic imine (C=N–C) groups is 1. The van der Waals surface area contributed by atoms with Crippen molar-refractivity contribution < 1.29 is 9.34 Å². The number of nitro groups is 1. The highest BCUT2D eigenvalue weighted by Crippen LogP contribution is 2.28. The van der Waals surface area contributed by atoms with Crippen LogP contribution in [0.5, 0.6) is 0 Å². The van der Waals surface area contributed by atoms with Gasteiger partial charge in [-0.2, -0.15) is 0 Å². The first-order valence-corrected chi connectivity index (χ1v) is 6.66. The molecule has 21 heavy (non-hydrogen) atoms. The molecule has 0 unspecified atom stereocenters. The predicted octanol–water partition coefficient (Wildman–Crippen LogP) is 2.18. The summed E-state index contributed by atoms with van der Waals surface area (Å²) in [5.41, 5.74) is 0.491. The van der Waals surface area contributed by atoms with E-state index in [0.29, 0.717) is 21.5 Å². The molecule has 0 N–H and O–H groups in total. The molecule has 0 aromatic carbocycles. The lowest BCUT2D eigenvalue weighted by molar-refractivity contribution is -0.401. The van der Waals surface area contributed by atoms with Crippen LogP contribution in [0.25, 0.3) is 16.4 Å². The lowest BCUT2D eigenvalue weighted by Crippen LogP contribution is -2.06. The van der Waals surface area contributed by atoms with Crippen LogP contribution >= 0.6 is 11.3 Å². The van der Waals surface area contributed by atoms with Gasteiger partial charge >= 0.3 is 5.88 Å². The van der Waals surface area contributed by atoms with E-state index >= 15 is 0 Å². The smallest absolute Gasteiger partial charge is 0.399 e. The van der Waals surface area contributed by atoms with Gasteiger partial charge in [0.05, 0.1) is 18.6 Å². The van der Waals surface area contributed by atoms with E-state index in [1.807, 2.05) is 14.1 Å². The molecule has 9 nitrogen and oxygen atoms in total. The fourth-order valence-corrected chi connectivity index (χ4v) is 2.31. The van der Waals surface area contributed by atoms with Gasteiger partial charge in [-0.05, 0) is 6.07 Å². The number of aromatic nitrogens is 3. The average molecular weight is 306 g/mol. The molecule has 0 fully saturated rings. The summed E-state index contributed by atoms with van der Waals surface area (Å²) in [5, 5.41) is 15.4. The Balaban J connectivity index is 1.91. The van der Waals surface area contributed by atoms with E-state index in [2.05, 4.69) is 15.1 Å². The van der Waals surface area contributed by atoms with E-state index < -0.39 is 4.92 Å². The van der Waals surface area contributed by atoms with Gasteiger partial charge in [-0.25, -0.2) is 14.5 Å². The van der Waals surface area contributed by atoms with Crippen molar-refractivity contribution in [3.63, 3.8) is 0 Å². The monoisotopic (exact) mass is 306 g/mol. The largest absolute Gasteiger partial charge is 0.433 e. The molecular weight excluding hydrogens is 296 g/mol. The SMILES string of the molecule is CN(C)C=Nc1nn2cc(-c3ccc([N+](=O)[O-])o3)nc2s1. The maximum atomic E-state index is 10.6. The summed E-state index contributed by atoms with van der Waals surface area (Å²) >= 11 is 1.31. The number of nitrogens with zero attached hydrogens (tertiary/aromatic N) is 6. The molecule has 0 spiro atoms. The van der Waals surface area contributed by atoms with E-state index in [-0.39, 0.29) is 5.88 Å². The summed E-state index contributed by atoms with van der Waals surface area (Å²) in [6.45, 7) is 0. The van der Waals surface area contributed by atoms with Crippen molar-refractivity contribution in [3.05, 3.63) is 28.4 Å². The molecule has 0 aliphatic rings. The van der Waals surface area contributed by atoms with Gasteiger partial charge in [0.15, 0.2) is 5.76 Å². The van der Waals surface area contributed by atoms with Gasteiger partial charge < -0.3 is 9.32 Å². The summed E-state index contributed by atoms with van der Waals surface area (Å²) in [7, 11) is 3.73. The lowest BCUT2D eigenvalue weighted by Gasteiger charge is -1.99. The minimum atomic E-state index is -0.589. The molecule has 0 saturated carbocycles. The number of hydrogen-bond donors (Lipinski definition) is 0. The molecule has 3 heterocycles. The maximum absolute atomic E-state index is 10.6. The summed E-state index contributed by atoms with van der Waals surface area (Å²) in [6.07, 6.45) is 3.29. The molecule has 0 atom stereocenters. The molecule has 0 saturated heterocycles. The topological polar surface area (TPSA) is 102 Å². The summed E-state index contributed by atoms with van der Waals surface area (Å²) in [4.78, 5) is 20.9. The van der Waals surface area contributed by atoms with E-state index in [1.54, 1.807) is 22.0 Å². The third-order valence-corrected chi connectivity index (χ3v) is 3.29. The van der Waals surface area contributed by atoms with Crippen molar-refractivity contribution in [3.8, 4) is 11.5 Å². The molecule has 3 aromatic rings. The Kier molecular flexibility index (Phi) is 3.14. The van der Waals surface area contributed by atoms with Gasteiger partial charge in [0.25, 0.3) is 0 Å². The predicted molar refractivity (Wildman–Crippen MR) is 77.1 cm³/mol. The van der Waals surface area contributed by atoms with Crippen molar-refractivity contribution in [2.75, 3.05) is 14.1 Å². The minimum Gasteiger partial charge on any atom is -0.399 e. The van der Waals surface area contributed by atoms with Gasteiger partial charge in [-0.15, -0.1) is 5.10 Å². The zero-order valence-corrected chi connectivity index (χ0v) is 11.9. The molecule has 3 rings (SSSR count). The Morgan fingerprint density at radius 2 is 2.33 bits per heavy atom. The highest BCUT2D eigenvalue weighted by atomic mass is 32.1. The Morgan fingerprint density at radius 1 is 1.52 bits per heavy atom. The van der Waals surface area contributed by atoms with E-state index in [1.165, 1.54) is 23.5 Å². The van der Waals surface area contributed by atoms with E-state index in [9.17, 15) is 10.1 Å². The molecule has 0 aliphatic heterocycles. The number of rotatable bonds is 4. The minimum absolute atomic E-state index is 0.314. The molecule has 3 aromatic heterocycles. The van der Waals surface area contributed by atoms with Crippen molar-refractivity contribution in [2.45, 2.75) is 0 Å². The standard InChI is InChI=1S/C11H10N6O3S/c1-15(2)6-12-10-14-16-5-7(13-11(16)21-10)8-3-4-9(20-8)17(18)19/h3-6H,1-2H3. The van der Waals surface area contributed by atoms with Gasteiger partial charge in [0.2, 0.25) is 10.1 Å². The third kappa shape index (κ3) is 2.60. The fraction of sp³-hybridized carbons (Fsp3) is 0.182. The molecule has 0 aliphatic carbocycles. The Hall–Kier alpha value is -2.75. The van der Waals surface area contributed by atoms with Crippen LogP contribution in [0.15, 0.2) is 27.7 Å². The lowest BCUT2D eigenvalue weighted by atomic mass is 10.4. The van der Waals surface area contributed by atoms with Crippen LogP contribution in [0.2, 0.25) is 0 Å². The van der Waals surface area contributed by atoms with Crippen LogP contribution in [0.3, 0.4) is 0 Å². The Labute approximate surface area is 122 Å². The van der Waals surface area contributed by atoms with Crippen LogP contribution in [0, 0.1) is 10.1 Å². The highest BCUT2D eigenvalue weighted by Gasteiger charge is 2.16. The summed E-state index contributed by atoms with van der Waals surface area (Å²) < 4.78 is 6.67. The van der Waals surface area contributed by atoms with Crippen LogP contribution < -0.4 is 0 Å². The zero-order chi connectivity index (χ0) is 15.0. The zero-order valence-electron chi connectivity index (χ0n) is 11.1. The summed E-state index contributed by atoms with van der Waals surface area (Å²) in [6, 6.07) is 2.80. The molecule has 0 bridgehead atoms. The van der Waals surface area contributed by atoms with Gasteiger partial charge in [0, 0.05) is 14.1 Å². The van der Waals surface area contributed by atoms with Crippen LogP contribution in [0.4, 0.5) is 11.0 Å².